The third-order valence-corrected chi connectivity index (χ3v) is 7.93. The highest BCUT2D eigenvalue weighted by atomic mass is 19.4. The number of nitriles is 1. The van der Waals surface area contributed by atoms with Crippen molar-refractivity contribution in [2.24, 2.45) is 5.92 Å². The minimum atomic E-state index is -4.80. The second kappa shape index (κ2) is 14.9. The maximum Gasteiger partial charge on any atom is 0.416 e. The molecule has 0 saturated carbocycles. The molecule has 0 spiro atoms. The summed E-state index contributed by atoms with van der Waals surface area (Å²) in [7, 11) is 3.39. The van der Waals surface area contributed by atoms with Gasteiger partial charge in [0.2, 0.25) is 5.91 Å². The number of carbonyl (C=O) groups excluding carboxylic acids is 1. The second-order valence-electron chi connectivity index (χ2n) is 12.6. The van der Waals surface area contributed by atoms with Crippen molar-refractivity contribution in [2.75, 3.05) is 20.6 Å². The van der Waals surface area contributed by atoms with Crippen LogP contribution in [0.3, 0.4) is 0 Å². The fourth-order valence-electron chi connectivity index (χ4n) is 5.80. The summed E-state index contributed by atoms with van der Waals surface area (Å²) in [5, 5.41) is 21.7. The molecule has 0 radical (unpaired) electrons. The van der Waals surface area contributed by atoms with Crippen molar-refractivity contribution in [3.05, 3.63) is 91.6 Å². The fraction of sp³-hybridized carbons (Fsp3) is 0.429. The molecule has 0 bridgehead atoms. The number of aryl methyl sites for hydroxylation is 3. The zero-order valence-electron chi connectivity index (χ0n) is 27.6. The van der Waals surface area contributed by atoms with Crippen molar-refractivity contribution in [3.8, 4) is 17.2 Å². The molecule has 3 rings (SSSR count). The average Bonchev–Trinajstić information content (AvgIpc) is 2.95. The highest BCUT2D eigenvalue weighted by Gasteiger charge is 2.36. The molecule has 0 aliphatic rings. The Balaban J connectivity index is 2.16. The van der Waals surface area contributed by atoms with Gasteiger partial charge in [-0.2, -0.15) is 18.4 Å². The van der Waals surface area contributed by atoms with Gasteiger partial charge in [-0.15, -0.1) is 0 Å². The van der Waals surface area contributed by atoms with Gasteiger partial charge in [0, 0.05) is 24.4 Å². The van der Waals surface area contributed by atoms with Gasteiger partial charge in [0.05, 0.1) is 29.7 Å². The van der Waals surface area contributed by atoms with Crippen LogP contribution in [-0.4, -0.2) is 47.1 Å². The van der Waals surface area contributed by atoms with E-state index >= 15 is 4.39 Å². The first-order chi connectivity index (χ1) is 21.8. The van der Waals surface area contributed by atoms with E-state index in [0.29, 0.717) is 22.8 Å². The lowest BCUT2D eigenvalue weighted by atomic mass is 9.89. The first-order valence-electron chi connectivity index (χ1n) is 15.1. The van der Waals surface area contributed by atoms with Crippen molar-refractivity contribution in [1.82, 2.24) is 14.8 Å². The highest BCUT2D eigenvalue weighted by Crippen LogP contribution is 2.35. The summed E-state index contributed by atoms with van der Waals surface area (Å²) in [6.07, 6.45) is -4.47. The van der Waals surface area contributed by atoms with Crippen LogP contribution in [0.4, 0.5) is 17.6 Å². The van der Waals surface area contributed by atoms with Gasteiger partial charge in [0.1, 0.15) is 11.9 Å². The number of pyridine rings is 1. The van der Waals surface area contributed by atoms with Gasteiger partial charge >= 0.3 is 12.1 Å². The summed E-state index contributed by atoms with van der Waals surface area (Å²) >= 11 is 0. The molecule has 0 fully saturated rings. The first kappa shape index (κ1) is 37.0. The van der Waals surface area contributed by atoms with Gasteiger partial charge in [-0.3, -0.25) is 14.4 Å². The Morgan fingerprint density at radius 3 is 2.17 bits per heavy atom. The first-order valence-corrected chi connectivity index (χ1v) is 15.1. The number of aliphatic carboxylic acids is 1. The summed E-state index contributed by atoms with van der Waals surface area (Å²) in [6.45, 7) is 8.88. The molecular formula is C35H40F4N4O4. The highest BCUT2D eigenvalue weighted by molar-refractivity contribution is 5.82. The second-order valence-corrected chi connectivity index (χ2v) is 12.6. The zero-order valence-corrected chi connectivity index (χ0v) is 27.6. The van der Waals surface area contributed by atoms with E-state index in [4.69, 9.17) is 0 Å². The van der Waals surface area contributed by atoms with Gasteiger partial charge < -0.3 is 19.9 Å². The molecule has 2 N–H and O–H groups in total. The number of nitrogens with one attached hydrogen (secondary N) is 1. The van der Waals surface area contributed by atoms with Crippen molar-refractivity contribution in [3.63, 3.8) is 0 Å². The number of rotatable bonds is 12. The number of hydrogen-bond acceptors (Lipinski definition) is 5. The van der Waals surface area contributed by atoms with E-state index in [2.05, 4.69) is 11.4 Å². The molecule has 252 valence electrons. The molecule has 12 heteroatoms. The van der Waals surface area contributed by atoms with Gasteiger partial charge in [-0.25, -0.2) is 4.39 Å². The van der Waals surface area contributed by atoms with Gasteiger partial charge in [-0.1, -0.05) is 13.8 Å². The molecule has 0 aliphatic heterocycles. The molecule has 47 heavy (non-hydrogen) atoms. The fourth-order valence-corrected chi connectivity index (χ4v) is 5.80. The number of likely N-dealkylation sites (N-methyl/N-ethyl adjacent to an activating group) is 1. The standard InChI is InChI=1S/C35H40F4N4O4/c1-19(2)10-29(43-18-24(8-9-42(6)7)27(15-30(43)44)35(37,38)39)34(47)41-28(16-31(45)46)26-14-25(13-22(5)33(26)36)32-20(3)11-23(17-40)12-21(32)4/h11-15,18-19,28-29H,8-10,16H2,1-7H3,(H,41,47)(H,45,46)/t28-,29?/m0/s1. The smallest absolute Gasteiger partial charge is 0.416 e. The Kier molecular flexibility index (Phi) is 11.7. The number of carbonyl (C=O) groups is 2. The summed E-state index contributed by atoms with van der Waals surface area (Å²) < 4.78 is 58.4. The lowest BCUT2D eigenvalue weighted by Crippen LogP contribution is -2.41. The third kappa shape index (κ3) is 9.07. The number of halogens is 4. The monoisotopic (exact) mass is 656 g/mol. The Hall–Kier alpha value is -4.50. The average molecular weight is 657 g/mol. The maximum atomic E-state index is 15.8. The lowest BCUT2D eigenvalue weighted by molar-refractivity contribution is -0.139. The van der Waals surface area contributed by atoms with E-state index < -0.39 is 53.5 Å². The summed E-state index contributed by atoms with van der Waals surface area (Å²) in [4.78, 5) is 40.8. The van der Waals surface area contributed by atoms with Crippen LogP contribution in [0.2, 0.25) is 0 Å². The minimum Gasteiger partial charge on any atom is -0.481 e. The number of carboxylic acid groups (broad SMARTS) is 1. The van der Waals surface area contributed by atoms with Gasteiger partial charge in [0.25, 0.3) is 5.56 Å². The number of amides is 1. The van der Waals surface area contributed by atoms with E-state index in [1.807, 2.05) is 0 Å². The van der Waals surface area contributed by atoms with Crippen molar-refractivity contribution < 1.29 is 32.3 Å². The zero-order chi connectivity index (χ0) is 35.4. The summed E-state index contributed by atoms with van der Waals surface area (Å²) in [5.41, 5.74) is 0.965. The van der Waals surface area contributed by atoms with E-state index in [9.17, 15) is 37.9 Å². The lowest BCUT2D eigenvalue weighted by Gasteiger charge is -2.27. The normalized spacial score (nSPS) is 13.0. The van der Waals surface area contributed by atoms with E-state index in [1.165, 1.54) is 13.0 Å². The molecule has 2 atom stereocenters. The molecule has 3 aromatic rings. The summed E-state index contributed by atoms with van der Waals surface area (Å²) in [6, 6.07) is 6.30. The van der Waals surface area contributed by atoms with Crippen molar-refractivity contribution in [2.45, 2.75) is 72.1 Å². The Bertz CT molecular complexity index is 1730. The van der Waals surface area contributed by atoms with Crippen molar-refractivity contribution >= 4 is 11.9 Å². The summed E-state index contributed by atoms with van der Waals surface area (Å²) in [5.74, 6) is -3.10. The predicted molar refractivity (Wildman–Crippen MR) is 170 cm³/mol. The molecular weight excluding hydrogens is 616 g/mol. The minimum absolute atomic E-state index is 0.0369. The van der Waals surface area contributed by atoms with Crippen LogP contribution in [0, 0.1) is 43.8 Å². The van der Waals surface area contributed by atoms with Crippen LogP contribution in [0.5, 0.6) is 0 Å². The molecule has 2 aromatic carbocycles. The van der Waals surface area contributed by atoms with Crippen LogP contribution in [0.1, 0.15) is 77.7 Å². The molecule has 1 heterocycles. The van der Waals surface area contributed by atoms with Crippen LogP contribution in [0.25, 0.3) is 11.1 Å². The Morgan fingerprint density at radius 2 is 1.66 bits per heavy atom. The number of carboxylic acids is 1. The molecule has 1 amide bonds. The number of nitrogens with zero attached hydrogens (tertiary/aromatic N) is 3. The van der Waals surface area contributed by atoms with Gasteiger partial charge in [0.15, 0.2) is 0 Å². The van der Waals surface area contributed by atoms with Gasteiger partial charge in [-0.05, 0) is 111 Å². The van der Waals surface area contributed by atoms with Crippen LogP contribution in [-0.2, 0) is 22.2 Å². The van der Waals surface area contributed by atoms with Crippen LogP contribution >= 0.6 is 0 Å². The third-order valence-electron chi connectivity index (χ3n) is 7.93. The number of hydrogen-bond donors (Lipinski definition) is 2. The largest absolute Gasteiger partial charge is 0.481 e. The molecule has 0 aliphatic carbocycles. The topological polar surface area (TPSA) is 115 Å². The molecule has 1 unspecified atom stereocenters. The quantitative estimate of drug-likeness (QED) is 0.215. The van der Waals surface area contributed by atoms with Crippen LogP contribution in [0.15, 0.2) is 41.3 Å². The van der Waals surface area contributed by atoms with E-state index in [0.717, 1.165) is 21.9 Å². The SMILES string of the molecule is Cc1cc(-c2c(C)cc(C#N)cc2C)cc([C@H](CC(=O)O)NC(=O)C(CC(C)C)n2cc(CCN(C)C)c(C(F)(F)F)cc2=O)c1F. The number of alkyl halides is 3. The number of benzene rings is 2. The maximum absolute atomic E-state index is 15.8. The van der Waals surface area contributed by atoms with E-state index in [1.54, 1.807) is 64.9 Å². The molecule has 8 nitrogen and oxygen atoms in total. The Labute approximate surface area is 271 Å². The number of aromatic nitrogens is 1. The Morgan fingerprint density at radius 1 is 1.04 bits per heavy atom. The van der Waals surface area contributed by atoms with Crippen molar-refractivity contribution in [1.29, 1.82) is 5.26 Å². The van der Waals surface area contributed by atoms with E-state index in [-0.39, 0.29) is 42.0 Å². The molecule has 0 saturated heterocycles. The predicted octanol–water partition coefficient (Wildman–Crippen LogP) is 6.49. The van der Waals surface area contributed by atoms with Crippen LogP contribution < -0.4 is 10.9 Å². The molecule has 1 aromatic heterocycles.